The summed E-state index contributed by atoms with van der Waals surface area (Å²) in [5.74, 6) is -1.33. The molecule has 0 unspecified atom stereocenters. The van der Waals surface area contributed by atoms with Gasteiger partial charge in [-0.25, -0.2) is 4.79 Å². The maximum absolute atomic E-state index is 12.3. The molecule has 134 valence electrons. The van der Waals surface area contributed by atoms with E-state index >= 15 is 0 Å². The number of nitrogens with zero attached hydrogens (tertiary/aromatic N) is 2. The Hall–Kier alpha value is -2.70. The van der Waals surface area contributed by atoms with Gasteiger partial charge in [-0.1, -0.05) is 0 Å². The zero-order valence-electron chi connectivity index (χ0n) is 12.7. The Morgan fingerprint density at radius 1 is 1.28 bits per heavy atom. The Labute approximate surface area is 142 Å². The smallest absolute Gasteiger partial charge is 0.366 e. The van der Waals surface area contributed by atoms with Crippen LogP contribution < -0.4 is 11.1 Å². The summed E-state index contributed by atoms with van der Waals surface area (Å²) < 4.78 is 34.3. The molecule has 1 aromatic rings. The van der Waals surface area contributed by atoms with Gasteiger partial charge in [0, 0.05) is 17.8 Å². The van der Waals surface area contributed by atoms with Crippen LogP contribution in [0.5, 0.6) is 0 Å². The molecular weight excluding hydrogens is 356 g/mol. The molecule has 2 saturated heterocycles. The number of hydrogen-bond donors (Lipinski definition) is 3. The lowest BCUT2D eigenvalue weighted by Crippen LogP contribution is -2.67. The van der Waals surface area contributed by atoms with Crippen molar-refractivity contribution >= 4 is 33.9 Å². The van der Waals surface area contributed by atoms with Gasteiger partial charge in [0.25, 0.3) is 5.91 Å². The minimum absolute atomic E-state index is 0.206. The van der Waals surface area contributed by atoms with E-state index in [1.165, 1.54) is 29.2 Å². The second-order valence-corrected chi connectivity index (χ2v) is 6.54. The molecule has 2 atom stereocenters. The lowest BCUT2D eigenvalue weighted by molar-refractivity contribution is -0.197. The first kappa shape index (κ1) is 17.1. The van der Waals surface area contributed by atoms with Gasteiger partial charge in [0.15, 0.2) is 0 Å². The van der Waals surface area contributed by atoms with Crippen molar-refractivity contribution in [3.8, 4) is 0 Å². The third-order valence-corrected chi connectivity index (χ3v) is 4.34. The monoisotopic (exact) mass is 370 g/mol. The van der Waals surface area contributed by atoms with E-state index in [4.69, 9.17) is 10.3 Å². The number of likely N-dealkylation sites (tertiary alicyclic amines) is 1. The number of urea groups is 1. The SMILES string of the molecule is NC(=O)c1ccc(NC(=O)N2CC[C@@H]3[C@H]2C(=O)N3OS(=O)(=O)O)cc1. The summed E-state index contributed by atoms with van der Waals surface area (Å²) in [4.78, 5) is 36.5. The molecule has 0 spiro atoms. The third kappa shape index (κ3) is 3.26. The van der Waals surface area contributed by atoms with Crippen molar-refractivity contribution in [2.24, 2.45) is 5.73 Å². The largest absolute Gasteiger partial charge is 0.418 e. The van der Waals surface area contributed by atoms with E-state index in [0.29, 0.717) is 17.2 Å². The first-order valence-electron chi connectivity index (χ1n) is 7.15. The Bertz CT molecular complexity index is 838. The van der Waals surface area contributed by atoms with Gasteiger partial charge in [0.05, 0.1) is 6.04 Å². The molecule has 4 N–H and O–H groups in total. The number of nitrogens with two attached hydrogens (primary N) is 1. The fourth-order valence-electron chi connectivity index (χ4n) is 2.87. The predicted molar refractivity (Wildman–Crippen MR) is 82.4 cm³/mol. The van der Waals surface area contributed by atoms with Crippen LogP contribution in [0.2, 0.25) is 0 Å². The van der Waals surface area contributed by atoms with E-state index in [-0.39, 0.29) is 12.1 Å². The van der Waals surface area contributed by atoms with Crippen LogP contribution in [-0.2, 0) is 19.5 Å². The number of amides is 4. The van der Waals surface area contributed by atoms with Gasteiger partial charge in [0.1, 0.15) is 6.04 Å². The van der Waals surface area contributed by atoms with Crippen molar-refractivity contribution in [2.75, 3.05) is 11.9 Å². The minimum atomic E-state index is -4.80. The Morgan fingerprint density at radius 2 is 1.92 bits per heavy atom. The van der Waals surface area contributed by atoms with Gasteiger partial charge in [-0.05, 0) is 30.7 Å². The molecule has 4 amide bonds. The van der Waals surface area contributed by atoms with Crippen molar-refractivity contribution < 1.29 is 31.6 Å². The molecule has 1 aromatic carbocycles. The van der Waals surface area contributed by atoms with Crippen LogP contribution in [-0.4, -0.2) is 59.4 Å². The summed E-state index contributed by atoms with van der Waals surface area (Å²) in [5, 5.41) is 3.12. The topological polar surface area (TPSA) is 159 Å². The van der Waals surface area contributed by atoms with E-state index in [1.54, 1.807) is 0 Å². The molecule has 0 aromatic heterocycles. The lowest BCUT2D eigenvalue weighted by atomic mass is 10.00. The number of hydroxylamine groups is 2. The molecule has 25 heavy (non-hydrogen) atoms. The number of hydrogen-bond acceptors (Lipinski definition) is 6. The third-order valence-electron chi connectivity index (χ3n) is 3.99. The highest BCUT2D eigenvalue weighted by Crippen LogP contribution is 2.34. The van der Waals surface area contributed by atoms with Gasteiger partial charge < -0.3 is 16.0 Å². The second-order valence-electron chi connectivity index (χ2n) is 5.53. The van der Waals surface area contributed by atoms with Crippen LogP contribution in [0.3, 0.4) is 0 Å². The number of fused-ring (bicyclic) bond motifs is 1. The maximum Gasteiger partial charge on any atom is 0.418 e. The molecule has 3 rings (SSSR count). The van der Waals surface area contributed by atoms with Crippen molar-refractivity contribution in [1.82, 2.24) is 9.96 Å². The molecule has 2 aliphatic rings. The number of carbonyl (C=O) groups is 3. The summed E-state index contributed by atoms with van der Waals surface area (Å²) in [6, 6.07) is 3.81. The Morgan fingerprint density at radius 3 is 2.48 bits per heavy atom. The highest BCUT2D eigenvalue weighted by Gasteiger charge is 2.58. The average Bonchev–Trinajstić information content (AvgIpc) is 2.93. The first-order valence-corrected chi connectivity index (χ1v) is 8.51. The van der Waals surface area contributed by atoms with E-state index < -0.39 is 40.3 Å². The van der Waals surface area contributed by atoms with Gasteiger partial charge in [0.2, 0.25) is 5.91 Å². The lowest BCUT2D eigenvalue weighted by Gasteiger charge is -2.42. The zero-order chi connectivity index (χ0) is 18.4. The van der Waals surface area contributed by atoms with Gasteiger partial charge in [-0.3, -0.25) is 14.1 Å². The van der Waals surface area contributed by atoms with Crippen LogP contribution in [0, 0.1) is 0 Å². The summed E-state index contributed by atoms with van der Waals surface area (Å²) >= 11 is 0. The Balaban J connectivity index is 1.65. The quantitative estimate of drug-likeness (QED) is 0.468. The number of β-lactam (4-membered cyclic amide) rings is 1. The van der Waals surface area contributed by atoms with Crippen molar-refractivity contribution in [1.29, 1.82) is 0 Å². The Kier molecular flexibility index (Phi) is 4.10. The molecule has 0 saturated carbocycles. The number of nitrogens with one attached hydrogen (secondary N) is 1. The van der Waals surface area contributed by atoms with Crippen LogP contribution >= 0.6 is 0 Å². The van der Waals surface area contributed by atoms with E-state index in [9.17, 15) is 22.8 Å². The van der Waals surface area contributed by atoms with Crippen molar-refractivity contribution in [3.05, 3.63) is 29.8 Å². The summed E-state index contributed by atoms with van der Waals surface area (Å²) in [6.07, 6.45) is 0.306. The van der Waals surface area contributed by atoms with Crippen LogP contribution in [0.15, 0.2) is 24.3 Å². The molecule has 0 bridgehead atoms. The molecule has 2 aliphatic heterocycles. The molecule has 2 fully saturated rings. The average molecular weight is 370 g/mol. The van der Waals surface area contributed by atoms with Gasteiger partial charge in [-0.2, -0.15) is 13.5 Å². The molecular formula is C13H14N4O7S. The van der Waals surface area contributed by atoms with Crippen molar-refractivity contribution in [3.63, 3.8) is 0 Å². The standard InChI is InChI=1S/C13H14N4O7S/c14-11(18)7-1-3-8(4-2-7)15-13(20)16-6-5-9-10(16)12(19)17(9)24-25(21,22)23/h1-4,9-10H,5-6H2,(H2,14,18)(H,15,20)(H,21,22,23)/t9-,10+/m1/s1. The van der Waals surface area contributed by atoms with E-state index in [1.807, 2.05) is 0 Å². The minimum Gasteiger partial charge on any atom is -0.366 e. The molecule has 0 radical (unpaired) electrons. The molecule has 11 nitrogen and oxygen atoms in total. The normalized spacial score (nSPS) is 22.4. The highest BCUT2D eigenvalue weighted by atomic mass is 32.3. The van der Waals surface area contributed by atoms with E-state index in [0.717, 1.165) is 0 Å². The maximum atomic E-state index is 12.3. The predicted octanol–water partition coefficient (Wildman–Crippen LogP) is -0.663. The number of rotatable bonds is 4. The summed E-state index contributed by atoms with van der Waals surface area (Å²) in [5.41, 5.74) is 5.81. The van der Waals surface area contributed by atoms with Crippen LogP contribution in [0.4, 0.5) is 10.5 Å². The van der Waals surface area contributed by atoms with Gasteiger partial charge in [-0.15, -0.1) is 4.28 Å². The fourth-order valence-corrected chi connectivity index (χ4v) is 3.25. The number of benzene rings is 1. The first-order chi connectivity index (χ1) is 11.7. The van der Waals surface area contributed by atoms with Crippen LogP contribution in [0.25, 0.3) is 0 Å². The number of carbonyl (C=O) groups excluding carboxylic acids is 3. The zero-order valence-corrected chi connectivity index (χ0v) is 13.5. The number of anilines is 1. The summed E-state index contributed by atoms with van der Waals surface area (Å²) in [6.45, 7) is 0.206. The number of primary amides is 1. The van der Waals surface area contributed by atoms with Gasteiger partial charge >= 0.3 is 16.4 Å². The second kappa shape index (κ2) is 5.98. The molecule has 2 heterocycles. The van der Waals surface area contributed by atoms with Crippen LogP contribution in [0.1, 0.15) is 16.8 Å². The molecule has 0 aliphatic carbocycles. The van der Waals surface area contributed by atoms with Crippen molar-refractivity contribution in [2.45, 2.75) is 18.5 Å². The summed E-state index contributed by atoms with van der Waals surface area (Å²) in [7, 11) is -4.80. The highest BCUT2D eigenvalue weighted by molar-refractivity contribution is 7.80. The van der Waals surface area contributed by atoms with E-state index in [2.05, 4.69) is 9.60 Å². The fraction of sp³-hybridized carbons (Fsp3) is 0.308. The molecule has 12 heteroatoms.